The molecule has 1 rings (SSSR count). The molecule has 0 radical (unpaired) electrons. The largest absolute Gasteiger partial charge is 0.473 e. The Bertz CT molecular complexity index is 369. The van der Waals surface area contributed by atoms with Crippen LogP contribution in [-0.2, 0) is 0 Å². The number of rotatable bonds is 2. The van der Waals surface area contributed by atoms with Crippen LogP contribution in [0.25, 0.3) is 0 Å². The smallest absolute Gasteiger partial charge is 0.153 e. The molecule has 0 saturated heterocycles. The van der Waals surface area contributed by atoms with Gasteiger partial charge in [0.15, 0.2) is 6.29 Å². The molecular weight excluding hydrogens is 204 g/mol. The molecule has 0 amide bonds. The van der Waals surface area contributed by atoms with Gasteiger partial charge in [-0.1, -0.05) is 33.9 Å². The molecule has 0 aliphatic carbocycles. The molecule has 1 aromatic rings. The van der Waals surface area contributed by atoms with Crippen LogP contribution in [0, 0.1) is 6.92 Å². The monoisotopic (exact) mass is 224 g/mol. The first kappa shape index (κ1) is 12.2. The average molecular weight is 224 g/mol. The third-order valence-electron chi connectivity index (χ3n) is 3.65. The molecule has 84 valence electrons. The zero-order chi connectivity index (χ0) is 11.9. The second kappa shape index (κ2) is 3.63. The highest BCUT2D eigenvalue weighted by Gasteiger charge is 2.41. The van der Waals surface area contributed by atoms with Crippen LogP contribution in [0.15, 0.2) is 10.7 Å². The molecule has 0 atom stereocenters. The summed E-state index contributed by atoms with van der Waals surface area (Å²) in [5, 5.41) is 1.28. The summed E-state index contributed by atoms with van der Waals surface area (Å²) < 4.78 is 5.61. The maximum atomic E-state index is 10.8. The van der Waals surface area contributed by atoms with Gasteiger partial charge in [0.1, 0.15) is 14.3 Å². The summed E-state index contributed by atoms with van der Waals surface area (Å²) in [5.41, 5.74) is 1.71. The maximum Gasteiger partial charge on any atom is 0.153 e. The first-order valence-corrected chi connectivity index (χ1v) is 8.25. The van der Waals surface area contributed by atoms with Gasteiger partial charge in [-0.05, 0) is 17.5 Å². The highest BCUT2D eigenvalue weighted by molar-refractivity contribution is 6.91. The summed E-state index contributed by atoms with van der Waals surface area (Å²) in [5.74, 6) is 0. The predicted octanol–water partition coefficient (Wildman–Crippen LogP) is 3.12. The van der Waals surface area contributed by atoms with Crippen molar-refractivity contribution in [3.8, 4) is 0 Å². The normalized spacial score (nSPS) is 12.9. The van der Waals surface area contributed by atoms with Crippen LogP contribution in [-0.4, -0.2) is 14.4 Å². The minimum absolute atomic E-state index is 0.232. The second-order valence-electron chi connectivity index (χ2n) is 5.64. The summed E-state index contributed by atoms with van der Waals surface area (Å²) in [6, 6.07) is 0. The van der Waals surface area contributed by atoms with Crippen LogP contribution in [0.4, 0.5) is 0 Å². The second-order valence-corrected chi connectivity index (χ2v) is 10.8. The maximum absolute atomic E-state index is 10.8. The third-order valence-corrected chi connectivity index (χ3v) is 9.03. The van der Waals surface area contributed by atoms with Crippen molar-refractivity contribution in [2.45, 2.75) is 45.8 Å². The Kier molecular flexibility index (Phi) is 2.96. The summed E-state index contributed by atoms with van der Waals surface area (Å²) in [4.78, 5) is 10.8. The lowest BCUT2D eigenvalue weighted by Crippen LogP contribution is -2.49. The molecule has 0 aromatic carbocycles. The number of aldehydes is 1. The van der Waals surface area contributed by atoms with Gasteiger partial charge in [0, 0.05) is 0 Å². The molecule has 0 fully saturated rings. The molecule has 1 aromatic heterocycles. The van der Waals surface area contributed by atoms with Gasteiger partial charge in [-0.15, -0.1) is 0 Å². The van der Waals surface area contributed by atoms with Crippen LogP contribution < -0.4 is 5.38 Å². The van der Waals surface area contributed by atoms with Gasteiger partial charge in [0.05, 0.1) is 10.9 Å². The van der Waals surface area contributed by atoms with Crippen molar-refractivity contribution in [3.05, 3.63) is 17.4 Å². The third kappa shape index (κ3) is 1.93. The number of carbonyl (C=O) groups excluding carboxylic acids is 1. The van der Waals surface area contributed by atoms with Crippen LogP contribution in [0.5, 0.6) is 0 Å². The van der Waals surface area contributed by atoms with E-state index >= 15 is 0 Å². The van der Waals surface area contributed by atoms with Crippen LogP contribution in [0.2, 0.25) is 18.1 Å². The first-order valence-electron chi connectivity index (χ1n) is 5.25. The minimum Gasteiger partial charge on any atom is -0.473 e. The molecule has 0 N–H and O–H groups in total. The van der Waals surface area contributed by atoms with Crippen molar-refractivity contribution in [2.24, 2.45) is 0 Å². The molecule has 0 bridgehead atoms. The molecule has 0 aliphatic rings. The van der Waals surface area contributed by atoms with E-state index in [2.05, 4.69) is 33.9 Å². The summed E-state index contributed by atoms with van der Waals surface area (Å²) in [6.45, 7) is 13.3. The molecule has 3 heteroatoms. The van der Waals surface area contributed by atoms with Crippen molar-refractivity contribution in [1.82, 2.24) is 0 Å². The van der Waals surface area contributed by atoms with Crippen molar-refractivity contribution in [1.29, 1.82) is 0 Å². The van der Waals surface area contributed by atoms with E-state index < -0.39 is 8.07 Å². The van der Waals surface area contributed by atoms with E-state index in [1.54, 1.807) is 6.26 Å². The molecular formula is C12H20O2Si. The predicted molar refractivity (Wildman–Crippen MR) is 65.7 cm³/mol. The van der Waals surface area contributed by atoms with Crippen molar-refractivity contribution >= 4 is 19.7 Å². The molecule has 15 heavy (non-hydrogen) atoms. The molecule has 0 spiro atoms. The number of furan rings is 1. The van der Waals surface area contributed by atoms with Crippen molar-refractivity contribution in [2.75, 3.05) is 0 Å². The van der Waals surface area contributed by atoms with Crippen LogP contribution in [0.3, 0.4) is 0 Å². The molecule has 0 saturated carbocycles. The fourth-order valence-corrected chi connectivity index (χ4v) is 3.62. The van der Waals surface area contributed by atoms with E-state index in [0.29, 0.717) is 5.56 Å². The fraction of sp³-hybridized carbons (Fsp3) is 0.583. The summed E-state index contributed by atoms with van der Waals surface area (Å²) in [6.07, 6.45) is 2.45. The van der Waals surface area contributed by atoms with Gasteiger partial charge < -0.3 is 4.42 Å². The molecule has 0 aliphatic heterocycles. The average Bonchev–Trinajstić information content (AvgIpc) is 2.44. The topological polar surface area (TPSA) is 30.2 Å². The van der Waals surface area contributed by atoms with Gasteiger partial charge in [0.25, 0.3) is 0 Å². The Balaban J connectivity index is 3.27. The summed E-state index contributed by atoms with van der Waals surface area (Å²) >= 11 is 0. The summed E-state index contributed by atoms with van der Waals surface area (Å²) in [7, 11) is -1.65. The van der Waals surface area contributed by atoms with Gasteiger partial charge >= 0.3 is 0 Å². The first-order chi connectivity index (χ1) is 6.71. The van der Waals surface area contributed by atoms with E-state index in [4.69, 9.17) is 4.42 Å². The van der Waals surface area contributed by atoms with Crippen molar-refractivity contribution in [3.63, 3.8) is 0 Å². The Hall–Kier alpha value is -0.833. The highest BCUT2D eigenvalue weighted by atomic mass is 28.3. The van der Waals surface area contributed by atoms with E-state index in [1.807, 2.05) is 6.92 Å². The van der Waals surface area contributed by atoms with E-state index in [-0.39, 0.29) is 5.04 Å². The Morgan fingerprint density at radius 3 is 2.20 bits per heavy atom. The van der Waals surface area contributed by atoms with Gasteiger partial charge in [-0.2, -0.15) is 0 Å². The van der Waals surface area contributed by atoms with E-state index in [0.717, 1.165) is 17.2 Å². The highest BCUT2D eigenvalue weighted by Crippen LogP contribution is 2.36. The lowest BCUT2D eigenvalue weighted by Gasteiger charge is -2.35. The molecule has 2 nitrogen and oxygen atoms in total. The quantitative estimate of drug-likeness (QED) is 0.571. The van der Waals surface area contributed by atoms with Gasteiger partial charge in [-0.3, -0.25) is 4.79 Å². The Labute approximate surface area is 92.7 Å². The Morgan fingerprint density at radius 2 is 1.87 bits per heavy atom. The zero-order valence-electron chi connectivity index (χ0n) is 10.5. The minimum atomic E-state index is -1.65. The Morgan fingerprint density at radius 1 is 1.33 bits per heavy atom. The van der Waals surface area contributed by atoms with E-state index in [1.165, 1.54) is 0 Å². The van der Waals surface area contributed by atoms with Gasteiger partial charge in [-0.25, -0.2) is 0 Å². The number of hydrogen-bond donors (Lipinski definition) is 0. The standard InChI is InChI=1S/C12H20O2Si/c1-9-10(7-13)8-14-11(9)15(5,6)12(2,3)4/h7-8H,1-6H3. The zero-order valence-corrected chi connectivity index (χ0v) is 11.5. The molecule has 1 heterocycles. The number of carbonyl (C=O) groups is 1. The van der Waals surface area contributed by atoms with E-state index in [9.17, 15) is 4.79 Å². The molecule has 0 unspecified atom stereocenters. The lowest BCUT2D eigenvalue weighted by molar-refractivity contribution is 0.112. The SMILES string of the molecule is Cc1c(C=O)coc1[Si](C)(C)C(C)(C)C. The fourth-order valence-electron chi connectivity index (χ4n) is 1.50. The van der Waals surface area contributed by atoms with Gasteiger partial charge in [0.2, 0.25) is 0 Å². The van der Waals surface area contributed by atoms with Crippen molar-refractivity contribution < 1.29 is 9.21 Å². The number of hydrogen-bond acceptors (Lipinski definition) is 2. The van der Waals surface area contributed by atoms with Crippen LogP contribution >= 0.6 is 0 Å². The lowest BCUT2D eigenvalue weighted by atomic mass is 10.2. The van der Waals surface area contributed by atoms with Crippen LogP contribution in [0.1, 0.15) is 36.7 Å².